The quantitative estimate of drug-likeness (QED) is 0.202. The van der Waals surface area contributed by atoms with Crippen LogP contribution < -0.4 is 5.32 Å². The van der Waals surface area contributed by atoms with Gasteiger partial charge in [-0.2, -0.15) is 8.78 Å². The summed E-state index contributed by atoms with van der Waals surface area (Å²) in [6.45, 7) is 14.5. The van der Waals surface area contributed by atoms with Gasteiger partial charge in [-0.3, -0.25) is 0 Å². The van der Waals surface area contributed by atoms with Crippen LogP contribution in [-0.4, -0.2) is 58.1 Å². The first-order chi connectivity index (χ1) is 21.1. The maximum Gasteiger partial charge on any atom is 0.407 e. The molecule has 0 aliphatic carbocycles. The molecule has 12 heteroatoms. The number of pyridine rings is 1. The number of nitrogens with one attached hydrogen (secondary N) is 1. The van der Waals surface area contributed by atoms with Crippen molar-refractivity contribution < 1.29 is 27.5 Å². The smallest absolute Gasteiger partial charge is 0.407 e. The first-order valence-electron chi connectivity index (χ1n) is 15.6. The number of fused-ring (bicyclic) bond motifs is 1. The molecule has 2 aromatic heterocycles. The normalized spacial score (nSPS) is 15.3. The van der Waals surface area contributed by atoms with Crippen LogP contribution >= 0.6 is 0 Å². The molecule has 0 fully saturated rings. The van der Waals surface area contributed by atoms with Gasteiger partial charge in [0.2, 0.25) is 0 Å². The van der Waals surface area contributed by atoms with Gasteiger partial charge in [0.15, 0.2) is 14.0 Å². The van der Waals surface area contributed by atoms with Crippen molar-refractivity contribution in [1.82, 2.24) is 19.9 Å². The molecule has 3 aromatic rings. The van der Waals surface area contributed by atoms with Gasteiger partial charge in [-0.05, 0) is 82.4 Å². The van der Waals surface area contributed by atoms with E-state index >= 15 is 13.2 Å². The second kappa shape index (κ2) is 13.1. The molecule has 0 bridgehead atoms. The molecule has 0 spiro atoms. The Kier molecular flexibility index (Phi) is 9.98. The third kappa shape index (κ3) is 6.72. The van der Waals surface area contributed by atoms with Crippen LogP contribution in [0, 0.1) is 19.7 Å². The fraction of sp³-hybridized carbons (Fsp3) is 0.515. The fourth-order valence-electron chi connectivity index (χ4n) is 6.08. The zero-order chi connectivity index (χ0) is 33.3. The molecule has 1 aliphatic heterocycles. The van der Waals surface area contributed by atoms with Gasteiger partial charge in [0.1, 0.15) is 23.1 Å². The van der Waals surface area contributed by atoms with Crippen molar-refractivity contribution in [3.8, 4) is 0 Å². The van der Waals surface area contributed by atoms with E-state index < -0.39 is 43.4 Å². The van der Waals surface area contributed by atoms with E-state index in [4.69, 9.17) is 9.41 Å². The summed E-state index contributed by atoms with van der Waals surface area (Å²) in [4.78, 5) is 26.5. The molecule has 1 aliphatic rings. The lowest BCUT2D eigenvalue weighted by molar-refractivity contribution is -0.161. The van der Waals surface area contributed by atoms with Crippen LogP contribution in [0.2, 0.25) is 18.1 Å². The van der Waals surface area contributed by atoms with Crippen LogP contribution in [0.3, 0.4) is 0 Å². The largest absolute Gasteiger partial charge is 0.465 e. The van der Waals surface area contributed by atoms with Crippen LogP contribution in [0.25, 0.3) is 16.6 Å². The number of anilines is 1. The van der Waals surface area contributed by atoms with E-state index in [9.17, 15) is 9.90 Å². The van der Waals surface area contributed by atoms with Gasteiger partial charge >= 0.3 is 12.0 Å². The van der Waals surface area contributed by atoms with Gasteiger partial charge < -0.3 is 19.7 Å². The summed E-state index contributed by atoms with van der Waals surface area (Å²) in [5, 5.41) is 13.1. The molecule has 0 saturated carbocycles. The third-order valence-electron chi connectivity index (χ3n) is 9.16. The molecule has 0 radical (unpaired) electrons. The van der Waals surface area contributed by atoms with Gasteiger partial charge in [-0.15, -0.1) is 0 Å². The van der Waals surface area contributed by atoms with E-state index in [1.807, 2.05) is 39.8 Å². The summed E-state index contributed by atoms with van der Waals surface area (Å²) in [7, 11) is -2.43. The average molecular weight is 644 g/mol. The molecule has 1 amide bonds. The number of hydrogen-bond donors (Lipinski definition) is 2. The SMILES string of the molecule is CC[Si](CC)(CC)OC(C)(C)C(F)(F)c1cccc(C(C)Nc2nc(C)nc3nc(C)c(C4=CCN(C(=O)O)CC4)cc23)c1F. The van der Waals surface area contributed by atoms with Crippen LogP contribution in [0.4, 0.5) is 23.8 Å². The highest BCUT2D eigenvalue weighted by Gasteiger charge is 2.54. The topological polar surface area (TPSA) is 100 Å². The van der Waals surface area contributed by atoms with Crippen molar-refractivity contribution in [2.24, 2.45) is 0 Å². The molecule has 1 unspecified atom stereocenters. The third-order valence-corrected chi connectivity index (χ3v) is 14.0. The van der Waals surface area contributed by atoms with Crippen molar-refractivity contribution in [3.63, 3.8) is 0 Å². The van der Waals surface area contributed by atoms with E-state index in [1.54, 1.807) is 13.8 Å². The Balaban J connectivity index is 1.70. The van der Waals surface area contributed by atoms with Gasteiger partial charge in [0, 0.05) is 24.3 Å². The monoisotopic (exact) mass is 643 g/mol. The number of rotatable bonds is 11. The van der Waals surface area contributed by atoms with Crippen LogP contribution in [-0.2, 0) is 10.3 Å². The predicted molar refractivity (Wildman–Crippen MR) is 174 cm³/mol. The van der Waals surface area contributed by atoms with Gasteiger partial charge in [-0.1, -0.05) is 39.0 Å². The van der Waals surface area contributed by atoms with Crippen LogP contribution in [0.5, 0.6) is 0 Å². The van der Waals surface area contributed by atoms with Gasteiger partial charge in [-0.25, -0.2) is 24.1 Å². The average Bonchev–Trinajstić information content (AvgIpc) is 2.99. The first-order valence-corrected chi connectivity index (χ1v) is 18.1. The number of carbonyl (C=O) groups is 1. The van der Waals surface area contributed by atoms with Crippen LogP contribution in [0.1, 0.15) is 82.2 Å². The Hall–Kier alpha value is -3.51. The number of aromatic nitrogens is 3. The molecule has 45 heavy (non-hydrogen) atoms. The lowest BCUT2D eigenvalue weighted by atomic mass is 9.91. The summed E-state index contributed by atoms with van der Waals surface area (Å²) >= 11 is 0. The van der Waals surface area contributed by atoms with E-state index in [1.165, 1.54) is 30.9 Å². The maximum atomic E-state index is 16.2. The number of nitrogens with zero attached hydrogens (tertiary/aromatic N) is 4. The molecule has 244 valence electrons. The van der Waals surface area contributed by atoms with Crippen molar-refractivity contribution >= 4 is 36.8 Å². The minimum absolute atomic E-state index is 0.0708. The van der Waals surface area contributed by atoms with Crippen molar-refractivity contribution in [2.75, 3.05) is 18.4 Å². The Morgan fingerprint density at radius 2 is 1.80 bits per heavy atom. The molecular weight excluding hydrogens is 599 g/mol. The number of amides is 1. The fourth-order valence-corrected chi connectivity index (χ4v) is 9.22. The maximum absolute atomic E-state index is 16.2. The van der Waals surface area contributed by atoms with Crippen molar-refractivity contribution in [2.45, 2.75) is 97.5 Å². The standard InChI is InChI=1S/C33H44F3N5O3Si/c1-9-45(10-2,11-3)44-32(7,8)33(35,36)27-14-12-13-24(28(27)34)20(4)37-29-26-19-25(21(5)38-30(26)40-22(6)39-29)23-15-17-41(18-16-23)31(42)43/h12-15,19-20H,9-11,16-18H2,1-8H3,(H,42,43)(H,37,38,39,40). The van der Waals surface area contributed by atoms with E-state index in [0.717, 1.165) is 22.9 Å². The first kappa shape index (κ1) is 34.4. The molecular formula is C33H44F3N5O3Si. The highest BCUT2D eigenvalue weighted by molar-refractivity contribution is 6.73. The van der Waals surface area contributed by atoms with Crippen molar-refractivity contribution in [3.05, 3.63) is 64.4 Å². The lowest BCUT2D eigenvalue weighted by Crippen LogP contribution is -2.52. The number of halogens is 3. The summed E-state index contributed by atoms with van der Waals surface area (Å²) in [6, 6.07) is 7.34. The summed E-state index contributed by atoms with van der Waals surface area (Å²) in [5.74, 6) is -3.74. The zero-order valence-corrected chi connectivity index (χ0v) is 28.4. The Bertz CT molecular complexity index is 1600. The van der Waals surface area contributed by atoms with Gasteiger partial charge in [0.05, 0.1) is 17.0 Å². The number of carboxylic acid groups (broad SMARTS) is 1. The molecule has 8 nitrogen and oxygen atoms in total. The lowest BCUT2D eigenvalue weighted by Gasteiger charge is -2.42. The minimum Gasteiger partial charge on any atom is -0.465 e. The van der Waals surface area contributed by atoms with E-state index in [2.05, 4.69) is 15.3 Å². The summed E-state index contributed by atoms with van der Waals surface area (Å²) < 4.78 is 54.7. The predicted octanol–water partition coefficient (Wildman–Crippen LogP) is 8.61. The molecule has 1 aromatic carbocycles. The number of aryl methyl sites for hydroxylation is 2. The second-order valence-electron chi connectivity index (χ2n) is 12.3. The van der Waals surface area contributed by atoms with Crippen LogP contribution in [0.15, 0.2) is 30.3 Å². The molecule has 0 saturated heterocycles. The van der Waals surface area contributed by atoms with E-state index in [-0.39, 0.29) is 12.1 Å². The molecule has 1 atom stereocenters. The Labute approximate surface area is 264 Å². The molecule has 2 N–H and O–H groups in total. The number of benzene rings is 1. The summed E-state index contributed by atoms with van der Waals surface area (Å²) in [6.07, 6.45) is 1.43. The Morgan fingerprint density at radius 3 is 2.38 bits per heavy atom. The van der Waals surface area contributed by atoms with Crippen molar-refractivity contribution in [1.29, 1.82) is 0 Å². The Morgan fingerprint density at radius 1 is 1.13 bits per heavy atom. The zero-order valence-electron chi connectivity index (χ0n) is 27.4. The molecule has 4 rings (SSSR count). The highest BCUT2D eigenvalue weighted by atomic mass is 28.4. The number of alkyl halides is 2. The second-order valence-corrected chi connectivity index (χ2v) is 17.0. The van der Waals surface area contributed by atoms with Gasteiger partial charge in [0.25, 0.3) is 0 Å². The highest BCUT2D eigenvalue weighted by Crippen LogP contribution is 2.46. The van der Waals surface area contributed by atoms with E-state index in [0.29, 0.717) is 53.8 Å². The minimum atomic E-state index is -3.59. The summed E-state index contributed by atoms with van der Waals surface area (Å²) in [5.41, 5.74) is 0.447. The number of hydrogen-bond acceptors (Lipinski definition) is 6. The molecule has 3 heterocycles.